The van der Waals surface area contributed by atoms with Crippen LogP contribution in [0.1, 0.15) is 303 Å². The zero-order valence-corrected chi connectivity index (χ0v) is 47.0. The van der Waals surface area contributed by atoms with Crippen molar-refractivity contribution in [3.8, 4) is 0 Å². The molecule has 0 fully saturated rings. The first-order chi connectivity index (χ1) is 35.0. The Hall–Kier alpha value is -3.15. The molecule has 410 valence electrons. The second-order valence-electron chi connectivity index (χ2n) is 20.2. The van der Waals surface area contributed by atoms with E-state index in [1.54, 1.807) is 0 Å². The van der Waals surface area contributed by atoms with Gasteiger partial charge >= 0.3 is 17.9 Å². The molecule has 0 aliphatic carbocycles. The summed E-state index contributed by atoms with van der Waals surface area (Å²) in [5.74, 6) is -0.901. The van der Waals surface area contributed by atoms with E-state index in [1.807, 2.05) is 0 Å². The molecule has 0 saturated heterocycles. The maximum absolute atomic E-state index is 12.8. The van der Waals surface area contributed by atoms with Crippen molar-refractivity contribution in [1.29, 1.82) is 0 Å². The molecule has 0 aromatic rings. The normalized spacial score (nSPS) is 12.5. The highest BCUT2D eigenvalue weighted by Gasteiger charge is 2.19. The predicted octanol–water partition coefficient (Wildman–Crippen LogP) is 20.5. The molecule has 0 spiro atoms. The van der Waals surface area contributed by atoms with Crippen LogP contribution in [-0.4, -0.2) is 37.2 Å². The van der Waals surface area contributed by atoms with Gasteiger partial charge in [0.25, 0.3) is 0 Å². The van der Waals surface area contributed by atoms with Gasteiger partial charge in [-0.15, -0.1) is 0 Å². The van der Waals surface area contributed by atoms with Crippen molar-refractivity contribution in [1.82, 2.24) is 0 Å². The summed E-state index contributed by atoms with van der Waals surface area (Å²) >= 11 is 0. The lowest BCUT2D eigenvalue weighted by Crippen LogP contribution is -2.30. The summed E-state index contributed by atoms with van der Waals surface area (Å²) < 4.78 is 16.8. The minimum absolute atomic E-state index is 0.0810. The second-order valence-corrected chi connectivity index (χ2v) is 20.2. The van der Waals surface area contributed by atoms with Gasteiger partial charge in [-0.25, -0.2) is 0 Å². The number of carbonyl (C=O) groups is 3. The van der Waals surface area contributed by atoms with Gasteiger partial charge in [-0.3, -0.25) is 14.4 Å². The molecule has 0 N–H and O–H groups in total. The van der Waals surface area contributed by atoms with Crippen LogP contribution in [0.5, 0.6) is 0 Å². The Labute approximate surface area is 440 Å². The van der Waals surface area contributed by atoms with E-state index in [1.165, 1.54) is 154 Å². The van der Waals surface area contributed by atoms with Crippen molar-refractivity contribution in [2.24, 2.45) is 0 Å². The molecule has 1 unspecified atom stereocenters. The molecule has 1 atom stereocenters. The van der Waals surface area contributed by atoms with Crippen molar-refractivity contribution in [3.05, 3.63) is 72.9 Å². The Bertz CT molecular complexity index is 1320. The standard InChI is InChI=1S/C65H114O6/c1-4-7-10-13-16-18-20-22-24-26-28-30-32-34-36-38-40-42-44-46-49-52-55-58-64(67)70-61-62(60-69-63(66)57-54-51-48-15-12-9-6-3)71-65(68)59-56-53-50-47-45-43-41-39-37-35-33-31-29-27-25-23-21-19-17-14-11-8-5-2/h7,10,16,18,22,24,28,30,34,36,40,42,62H,4-6,8-9,11-15,17,19-21,23,25-27,29,31-33,35,37-39,41,43-61H2,1-3H3/b10-7-,18-16-,24-22-,30-28-,36-34-,42-40-. The van der Waals surface area contributed by atoms with Crippen molar-refractivity contribution < 1.29 is 28.6 Å². The first kappa shape index (κ1) is 67.8. The van der Waals surface area contributed by atoms with Crippen molar-refractivity contribution in [3.63, 3.8) is 0 Å². The Morgan fingerprint density at radius 2 is 0.549 bits per heavy atom. The monoisotopic (exact) mass is 991 g/mol. The van der Waals surface area contributed by atoms with E-state index < -0.39 is 6.10 Å². The Morgan fingerprint density at radius 1 is 0.296 bits per heavy atom. The van der Waals surface area contributed by atoms with Crippen LogP contribution in [0, 0.1) is 0 Å². The summed E-state index contributed by atoms with van der Waals surface area (Å²) in [4.78, 5) is 38.0. The molecule has 0 bridgehead atoms. The number of allylic oxidation sites excluding steroid dienone is 12. The zero-order chi connectivity index (χ0) is 51.4. The second kappa shape index (κ2) is 59.4. The zero-order valence-electron chi connectivity index (χ0n) is 47.0. The van der Waals surface area contributed by atoms with Gasteiger partial charge in [-0.05, 0) is 70.6 Å². The highest BCUT2D eigenvalue weighted by Crippen LogP contribution is 2.17. The fourth-order valence-electron chi connectivity index (χ4n) is 8.68. The Morgan fingerprint density at radius 3 is 0.859 bits per heavy atom. The number of hydrogen-bond acceptors (Lipinski definition) is 6. The largest absolute Gasteiger partial charge is 0.462 e. The van der Waals surface area contributed by atoms with Gasteiger partial charge in [0, 0.05) is 19.3 Å². The van der Waals surface area contributed by atoms with Crippen molar-refractivity contribution in [2.75, 3.05) is 13.2 Å². The lowest BCUT2D eigenvalue weighted by molar-refractivity contribution is -0.167. The molecule has 0 aromatic carbocycles. The molecule has 71 heavy (non-hydrogen) atoms. The van der Waals surface area contributed by atoms with E-state index >= 15 is 0 Å². The lowest BCUT2D eigenvalue weighted by Gasteiger charge is -2.18. The Kier molecular flexibility index (Phi) is 56.8. The van der Waals surface area contributed by atoms with Crippen LogP contribution < -0.4 is 0 Å². The van der Waals surface area contributed by atoms with Gasteiger partial charge in [-0.2, -0.15) is 0 Å². The summed E-state index contributed by atoms with van der Waals surface area (Å²) in [5, 5.41) is 0. The van der Waals surface area contributed by atoms with Crippen LogP contribution >= 0.6 is 0 Å². The summed E-state index contributed by atoms with van der Waals surface area (Å²) in [6.45, 7) is 6.49. The van der Waals surface area contributed by atoms with Gasteiger partial charge in [0.1, 0.15) is 13.2 Å². The van der Waals surface area contributed by atoms with Gasteiger partial charge in [0.05, 0.1) is 0 Å². The highest BCUT2D eigenvalue weighted by atomic mass is 16.6. The molecular formula is C65H114O6. The van der Waals surface area contributed by atoms with Gasteiger partial charge in [0.15, 0.2) is 6.10 Å². The molecule has 0 saturated carbocycles. The topological polar surface area (TPSA) is 78.9 Å². The number of rotatable bonds is 55. The quantitative estimate of drug-likeness (QED) is 0.0261. The molecule has 0 aliphatic rings. The van der Waals surface area contributed by atoms with E-state index in [0.717, 1.165) is 109 Å². The Balaban J connectivity index is 4.20. The van der Waals surface area contributed by atoms with E-state index in [4.69, 9.17) is 14.2 Å². The number of esters is 3. The maximum atomic E-state index is 12.8. The lowest BCUT2D eigenvalue weighted by atomic mass is 10.0. The van der Waals surface area contributed by atoms with Gasteiger partial charge < -0.3 is 14.2 Å². The maximum Gasteiger partial charge on any atom is 0.306 e. The van der Waals surface area contributed by atoms with Crippen molar-refractivity contribution in [2.45, 2.75) is 309 Å². The van der Waals surface area contributed by atoms with Crippen LogP contribution in [0.3, 0.4) is 0 Å². The van der Waals surface area contributed by atoms with Crippen molar-refractivity contribution >= 4 is 17.9 Å². The fraction of sp³-hybridized carbons (Fsp3) is 0.769. The molecule has 6 nitrogen and oxygen atoms in total. The molecule has 0 amide bonds. The van der Waals surface area contributed by atoms with E-state index in [9.17, 15) is 14.4 Å². The summed E-state index contributed by atoms with van der Waals surface area (Å²) in [7, 11) is 0. The number of ether oxygens (including phenoxy) is 3. The third-order valence-corrected chi connectivity index (χ3v) is 13.2. The average Bonchev–Trinajstić information content (AvgIpc) is 3.37. The molecule has 6 heteroatoms. The van der Waals surface area contributed by atoms with Gasteiger partial charge in [0.2, 0.25) is 0 Å². The predicted molar refractivity (Wildman–Crippen MR) is 307 cm³/mol. The van der Waals surface area contributed by atoms with E-state index in [2.05, 4.69) is 93.7 Å². The van der Waals surface area contributed by atoms with Gasteiger partial charge in [-0.1, -0.05) is 286 Å². The molecule has 0 heterocycles. The summed E-state index contributed by atoms with van der Waals surface area (Å²) in [5.41, 5.74) is 0. The average molecular weight is 992 g/mol. The third-order valence-electron chi connectivity index (χ3n) is 13.2. The minimum Gasteiger partial charge on any atom is -0.462 e. The van der Waals surface area contributed by atoms with Crippen LogP contribution in [-0.2, 0) is 28.6 Å². The van der Waals surface area contributed by atoms with Crippen LogP contribution in [0.15, 0.2) is 72.9 Å². The first-order valence-corrected chi connectivity index (χ1v) is 30.4. The number of carbonyl (C=O) groups excluding carboxylic acids is 3. The molecule has 0 rings (SSSR count). The van der Waals surface area contributed by atoms with Crippen LogP contribution in [0.25, 0.3) is 0 Å². The SMILES string of the molecule is CC/C=C\C/C=C\C/C=C\C/C=C\C/C=C\C/C=C\CCCCCCC(=O)OCC(COC(=O)CCCCCCCCC)OC(=O)CCCCCCCCCCCCCCCCCCCCCCCCC. The molecule has 0 aliphatic heterocycles. The summed E-state index contributed by atoms with van der Waals surface area (Å²) in [6, 6.07) is 0. The van der Waals surface area contributed by atoms with E-state index in [-0.39, 0.29) is 31.1 Å². The first-order valence-electron chi connectivity index (χ1n) is 30.4. The molecule has 0 aromatic heterocycles. The number of unbranched alkanes of at least 4 members (excludes halogenated alkanes) is 32. The number of hydrogen-bond donors (Lipinski definition) is 0. The minimum atomic E-state index is -0.782. The van der Waals surface area contributed by atoms with Crippen LogP contribution in [0.4, 0.5) is 0 Å². The van der Waals surface area contributed by atoms with E-state index in [0.29, 0.717) is 19.3 Å². The smallest absolute Gasteiger partial charge is 0.306 e. The van der Waals surface area contributed by atoms with Crippen LogP contribution in [0.2, 0.25) is 0 Å². The third kappa shape index (κ3) is 57.6. The fourth-order valence-corrected chi connectivity index (χ4v) is 8.68. The molecule has 0 radical (unpaired) electrons. The summed E-state index contributed by atoms with van der Waals surface area (Å²) in [6.07, 6.45) is 76.4. The molecular weight excluding hydrogens is 877 g/mol. The highest BCUT2D eigenvalue weighted by molar-refractivity contribution is 5.71.